The topological polar surface area (TPSA) is 109 Å². The number of benzene rings is 1. The van der Waals surface area contributed by atoms with E-state index in [-0.39, 0.29) is 11.3 Å². The number of hydrogen-bond acceptors (Lipinski definition) is 5. The van der Waals surface area contributed by atoms with E-state index in [0.717, 1.165) is 0 Å². The van der Waals surface area contributed by atoms with Crippen molar-refractivity contribution in [2.45, 2.75) is 6.92 Å². The van der Waals surface area contributed by atoms with Crippen LogP contribution in [0.4, 0.5) is 5.69 Å². The first-order valence-corrected chi connectivity index (χ1v) is 5.05. The molecule has 0 atom stereocenters. The summed E-state index contributed by atoms with van der Waals surface area (Å²) in [6, 6.07) is 5.86. The van der Waals surface area contributed by atoms with Crippen molar-refractivity contribution in [2.75, 3.05) is 5.43 Å². The summed E-state index contributed by atoms with van der Waals surface area (Å²) < 4.78 is 0. The number of hydrazone groups is 1. The zero-order chi connectivity index (χ0) is 13.7. The lowest BCUT2D eigenvalue weighted by Crippen LogP contribution is -2.06. The van der Waals surface area contributed by atoms with Crippen molar-refractivity contribution in [3.8, 4) is 12.1 Å². The van der Waals surface area contributed by atoms with Crippen molar-refractivity contribution in [1.82, 2.24) is 0 Å². The van der Waals surface area contributed by atoms with Crippen LogP contribution in [0.5, 0.6) is 0 Å². The Balaban J connectivity index is 3.28. The van der Waals surface area contributed by atoms with Gasteiger partial charge < -0.3 is 5.11 Å². The van der Waals surface area contributed by atoms with Crippen molar-refractivity contribution in [3.05, 3.63) is 28.3 Å². The number of rotatable bonds is 3. The van der Waals surface area contributed by atoms with Gasteiger partial charge in [-0.15, -0.1) is 0 Å². The van der Waals surface area contributed by atoms with Gasteiger partial charge in [0.25, 0.3) is 0 Å². The van der Waals surface area contributed by atoms with Gasteiger partial charge in [-0.25, -0.2) is 4.79 Å². The standard InChI is InChI=1S/C11H7ClN4O2/c1-6-9(12)3-2-8(11(17)18)10(6)16-15-7(4-13)5-14/h2-3,16H,1H3,(H,17,18). The van der Waals surface area contributed by atoms with Crippen molar-refractivity contribution < 1.29 is 9.90 Å². The fraction of sp³-hybridized carbons (Fsp3) is 0.0909. The maximum absolute atomic E-state index is 11.0. The number of carboxylic acids is 1. The lowest BCUT2D eigenvalue weighted by atomic mass is 10.1. The van der Waals surface area contributed by atoms with E-state index in [1.54, 1.807) is 19.1 Å². The number of nitriles is 2. The molecule has 18 heavy (non-hydrogen) atoms. The first-order valence-electron chi connectivity index (χ1n) is 4.67. The predicted molar refractivity (Wildman–Crippen MR) is 65.4 cm³/mol. The van der Waals surface area contributed by atoms with Crippen LogP contribution >= 0.6 is 11.6 Å². The molecule has 0 spiro atoms. The molecule has 1 rings (SSSR count). The number of nitrogens with zero attached hydrogens (tertiary/aromatic N) is 3. The van der Waals surface area contributed by atoms with Gasteiger partial charge in [0.2, 0.25) is 5.71 Å². The van der Waals surface area contributed by atoms with E-state index in [4.69, 9.17) is 27.2 Å². The molecular weight excluding hydrogens is 256 g/mol. The maximum Gasteiger partial charge on any atom is 0.337 e. The lowest BCUT2D eigenvalue weighted by molar-refractivity contribution is 0.0698. The molecule has 2 N–H and O–H groups in total. The van der Waals surface area contributed by atoms with Crippen LogP contribution in [-0.4, -0.2) is 16.8 Å². The first-order chi connectivity index (χ1) is 8.51. The number of carboxylic acid groups (broad SMARTS) is 1. The Morgan fingerprint density at radius 1 is 1.44 bits per heavy atom. The van der Waals surface area contributed by atoms with E-state index < -0.39 is 11.7 Å². The van der Waals surface area contributed by atoms with Crippen molar-refractivity contribution in [1.29, 1.82) is 10.5 Å². The summed E-state index contributed by atoms with van der Waals surface area (Å²) in [5.41, 5.74) is 2.55. The van der Waals surface area contributed by atoms with Gasteiger partial charge in [-0.2, -0.15) is 15.6 Å². The van der Waals surface area contributed by atoms with E-state index >= 15 is 0 Å². The molecule has 6 nitrogen and oxygen atoms in total. The third kappa shape index (κ3) is 2.76. The molecule has 7 heteroatoms. The fourth-order valence-electron chi connectivity index (χ4n) is 1.20. The zero-order valence-electron chi connectivity index (χ0n) is 9.23. The summed E-state index contributed by atoms with van der Waals surface area (Å²) >= 11 is 5.86. The number of anilines is 1. The monoisotopic (exact) mass is 262 g/mol. The lowest BCUT2D eigenvalue weighted by Gasteiger charge is -2.10. The van der Waals surface area contributed by atoms with E-state index in [1.807, 2.05) is 0 Å². The second-order valence-corrected chi connectivity index (χ2v) is 3.60. The van der Waals surface area contributed by atoms with Crippen molar-refractivity contribution >= 4 is 29.0 Å². The molecule has 0 aliphatic rings. The number of hydrogen-bond donors (Lipinski definition) is 2. The Labute approximate surface area is 108 Å². The molecule has 1 aromatic rings. The largest absolute Gasteiger partial charge is 0.478 e. The van der Waals surface area contributed by atoms with Crippen LogP contribution in [-0.2, 0) is 0 Å². The zero-order valence-corrected chi connectivity index (χ0v) is 9.99. The molecule has 0 bridgehead atoms. The number of carbonyl (C=O) groups is 1. The van der Waals surface area contributed by atoms with Crippen LogP contribution in [0.3, 0.4) is 0 Å². The normalized spacial score (nSPS) is 8.89. The summed E-state index contributed by atoms with van der Waals surface area (Å²) in [7, 11) is 0. The van der Waals surface area contributed by atoms with Crippen LogP contribution in [0.1, 0.15) is 15.9 Å². The number of nitrogens with one attached hydrogen (secondary N) is 1. The second-order valence-electron chi connectivity index (χ2n) is 3.20. The van der Waals surface area contributed by atoms with Gasteiger partial charge in [0.1, 0.15) is 12.1 Å². The van der Waals surface area contributed by atoms with Gasteiger partial charge in [0.15, 0.2) is 0 Å². The Kier molecular flexibility index (Phi) is 4.25. The molecule has 0 heterocycles. The highest BCUT2D eigenvalue weighted by atomic mass is 35.5. The van der Waals surface area contributed by atoms with Crippen LogP contribution in [0.2, 0.25) is 5.02 Å². The summed E-state index contributed by atoms with van der Waals surface area (Å²) in [5, 5.41) is 29.9. The highest BCUT2D eigenvalue weighted by Crippen LogP contribution is 2.27. The van der Waals surface area contributed by atoms with Crippen LogP contribution in [0, 0.1) is 29.6 Å². The summed E-state index contributed by atoms with van der Waals surface area (Å²) in [6.07, 6.45) is 0. The molecule has 1 aromatic carbocycles. The maximum atomic E-state index is 11.0. The summed E-state index contributed by atoms with van der Waals surface area (Å²) in [6.45, 7) is 1.60. The van der Waals surface area contributed by atoms with Crippen molar-refractivity contribution in [3.63, 3.8) is 0 Å². The smallest absolute Gasteiger partial charge is 0.337 e. The molecule has 0 aliphatic heterocycles. The third-order valence-electron chi connectivity index (χ3n) is 2.12. The van der Waals surface area contributed by atoms with E-state index in [9.17, 15) is 4.79 Å². The highest BCUT2D eigenvalue weighted by Gasteiger charge is 2.14. The van der Waals surface area contributed by atoms with E-state index in [0.29, 0.717) is 10.6 Å². The van der Waals surface area contributed by atoms with Crippen LogP contribution in [0.25, 0.3) is 0 Å². The Hall–Kier alpha value is -2.57. The molecule has 0 aromatic heterocycles. The average Bonchev–Trinajstić information content (AvgIpc) is 2.35. The predicted octanol–water partition coefficient (Wildman–Crippen LogP) is 2.16. The van der Waals surface area contributed by atoms with Gasteiger partial charge in [0, 0.05) is 5.02 Å². The van der Waals surface area contributed by atoms with Gasteiger partial charge in [-0.05, 0) is 24.6 Å². The molecule has 0 fully saturated rings. The Bertz CT molecular complexity index is 595. The molecule has 0 saturated heterocycles. The molecule has 0 amide bonds. The molecular formula is C11H7ClN4O2. The van der Waals surface area contributed by atoms with Gasteiger partial charge >= 0.3 is 5.97 Å². The van der Waals surface area contributed by atoms with Gasteiger partial charge in [-0.1, -0.05) is 11.6 Å². The van der Waals surface area contributed by atoms with Crippen LogP contribution in [0.15, 0.2) is 17.2 Å². The molecule has 0 unspecified atom stereocenters. The van der Waals surface area contributed by atoms with Gasteiger partial charge in [-0.3, -0.25) is 5.43 Å². The quantitative estimate of drug-likeness (QED) is 0.641. The number of halogens is 1. The SMILES string of the molecule is Cc1c(Cl)ccc(C(=O)O)c1NN=C(C#N)C#N. The molecule has 0 aliphatic carbocycles. The molecule has 0 radical (unpaired) electrons. The van der Waals surface area contributed by atoms with E-state index in [1.165, 1.54) is 12.1 Å². The summed E-state index contributed by atoms with van der Waals surface area (Å²) in [5.74, 6) is -1.16. The number of aromatic carboxylic acids is 1. The minimum Gasteiger partial charge on any atom is -0.478 e. The van der Waals surface area contributed by atoms with Crippen molar-refractivity contribution in [2.24, 2.45) is 5.10 Å². The van der Waals surface area contributed by atoms with Crippen LogP contribution < -0.4 is 5.43 Å². The Morgan fingerprint density at radius 3 is 2.56 bits per heavy atom. The average molecular weight is 263 g/mol. The minimum absolute atomic E-state index is 0.0455. The van der Waals surface area contributed by atoms with Gasteiger partial charge in [0.05, 0.1) is 11.3 Å². The fourth-order valence-corrected chi connectivity index (χ4v) is 1.35. The molecule has 0 saturated carbocycles. The summed E-state index contributed by atoms with van der Waals surface area (Å²) in [4.78, 5) is 11.0. The molecule has 90 valence electrons. The Morgan fingerprint density at radius 2 is 2.06 bits per heavy atom. The minimum atomic E-state index is -1.16. The highest BCUT2D eigenvalue weighted by molar-refractivity contribution is 6.32. The second kappa shape index (κ2) is 5.67. The first kappa shape index (κ1) is 13.5. The van der Waals surface area contributed by atoms with E-state index in [2.05, 4.69) is 10.5 Å². The third-order valence-corrected chi connectivity index (χ3v) is 2.53.